The van der Waals surface area contributed by atoms with Crippen molar-refractivity contribution in [1.29, 1.82) is 0 Å². The molecule has 78 valence electrons. The molecule has 2 aromatic heterocycles. The third-order valence-corrected chi connectivity index (χ3v) is 2.06. The Morgan fingerprint density at radius 1 is 1.67 bits per heavy atom. The molecular weight excluding hydrogens is 196 g/mol. The highest BCUT2D eigenvalue weighted by atomic mass is 16.4. The molecule has 0 radical (unpaired) electrons. The fraction of sp³-hybridized carbons (Fsp3) is 0.200. The highest BCUT2D eigenvalue weighted by Gasteiger charge is 2.11. The SMILES string of the molecule is Cn1cc(-c2ccco2)nc1CC(=O)O. The van der Waals surface area contributed by atoms with Crippen LogP contribution in [-0.4, -0.2) is 20.6 Å². The van der Waals surface area contributed by atoms with Gasteiger partial charge >= 0.3 is 5.97 Å². The lowest BCUT2D eigenvalue weighted by Gasteiger charge is -1.94. The van der Waals surface area contributed by atoms with Gasteiger partial charge in [0.25, 0.3) is 0 Å². The molecule has 0 saturated carbocycles. The zero-order valence-corrected chi connectivity index (χ0v) is 8.17. The highest BCUT2D eigenvalue weighted by molar-refractivity contribution is 5.69. The van der Waals surface area contributed by atoms with Crippen LogP contribution in [0.15, 0.2) is 29.0 Å². The quantitative estimate of drug-likeness (QED) is 0.822. The van der Waals surface area contributed by atoms with E-state index in [9.17, 15) is 4.79 Å². The van der Waals surface area contributed by atoms with E-state index in [-0.39, 0.29) is 6.42 Å². The van der Waals surface area contributed by atoms with Crippen LogP contribution in [0.4, 0.5) is 0 Å². The summed E-state index contributed by atoms with van der Waals surface area (Å²) in [5, 5.41) is 8.65. The van der Waals surface area contributed by atoms with Crippen LogP contribution in [0.5, 0.6) is 0 Å². The van der Waals surface area contributed by atoms with Crippen molar-refractivity contribution in [1.82, 2.24) is 9.55 Å². The van der Waals surface area contributed by atoms with Crippen molar-refractivity contribution in [3.05, 3.63) is 30.4 Å². The van der Waals surface area contributed by atoms with Crippen molar-refractivity contribution in [2.75, 3.05) is 0 Å². The highest BCUT2D eigenvalue weighted by Crippen LogP contribution is 2.18. The first-order valence-corrected chi connectivity index (χ1v) is 4.44. The van der Waals surface area contributed by atoms with Gasteiger partial charge in [0.2, 0.25) is 0 Å². The number of hydrogen-bond acceptors (Lipinski definition) is 3. The predicted octanol–water partition coefficient (Wildman–Crippen LogP) is 1.31. The molecule has 0 bridgehead atoms. The number of aromatic nitrogens is 2. The predicted molar refractivity (Wildman–Crippen MR) is 52.2 cm³/mol. The van der Waals surface area contributed by atoms with Crippen LogP contribution >= 0.6 is 0 Å². The Morgan fingerprint density at radius 3 is 3.07 bits per heavy atom. The maximum absolute atomic E-state index is 10.5. The molecule has 0 amide bonds. The van der Waals surface area contributed by atoms with Crippen molar-refractivity contribution in [2.45, 2.75) is 6.42 Å². The van der Waals surface area contributed by atoms with Crippen molar-refractivity contribution < 1.29 is 14.3 Å². The minimum Gasteiger partial charge on any atom is -0.481 e. The minimum atomic E-state index is -0.894. The molecule has 2 rings (SSSR count). The Morgan fingerprint density at radius 2 is 2.47 bits per heavy atom. The Hall–Kier alpha value is -2.04. The molecule has 5 nitrogen and oxygen atoms in total. The lowest BCUT2D eigenvalue weighted by Crippen LogP contribution is -2.05. The summed E-state index contributed by atoms with van der Waals surface area (Å²) in [6.45, 7) is 0. The van der Waals surface area contributed by atoms with Gasteiger partial charge in [-0.3, -0.25) is 4.79 Å². The molecule has 5 heteroatoms. The van der Waals surface area contributed by atoms with Crippen LogP contribution in [0.2, 0.25) is 0 Å². The lowest BCUT2D eigenvalue weighted by atomic mass is 10.3. The third-order valence-electron chi connectivity index (χ3n) is 2.06. The summed E-state index contributed by atoms with van der Waals surface area (Å²) in [6.07, 6.45) is 3.22. The van der Waals surface area contributed by atoms with E-state index in [1.54, 1.807) is 36.2 Å². The summed E-state index contributed by atoms with van der Waals surface area (Å²) in [4.78, 5) is 14.7. The van der Waals surface area contributed by atoms with Gasteiger partial charge in [-0.2, -0.15) is 0 Å². The standard InChI is InChI=1S/C10H10N2O3/c1-12-6-7(8-3-2-4-15-8)11-9(12)5-10(13)14/h2-4,6H,5H2,1H3,(H,13,14). The summed E-state index contributed by atoms with van der Waals surface area (Å²) in [5.41, 5.74) is 0.652. The van der Waals surface area contributed by atoms with Crippen LogP contribution in [0.25, 0.3) is 11.5 Å². The molecule has 0 aliphatic rings. The number of nitrogens with zero attached hydrogens (tertiary/aromatic N) is 2. The number of carboxylic acid groups (broad SMARTS) is 1. The van der Waals surface area contributed by atoms with Gasteiger partial charge in [0.05, 0.1) is 6.26 Å². The van der Waals surface area contributed by atoms with Gasteiger partial charge in [-0.1, -0.05) is 0 Å². The number of rotatable bonds is 3. The number of aliphatic carboxylic acids is 1. The van der Waals surface area contributed by atoms with Crippen LogP contribution < -0.4 is 0 Å². The van der Waals surface area contributed by atoms with Gasteiger partial charge in [0.15, 0.2) is 5.76 Å². The van der Waals surface area contributed by atoms with Gasteiger partial charge in [-0.05, 0) is 12.1 Å². The van der Waals surface area contributed by atoms with E-state index in [0.717, 1.165) is 0 Å². The molecule has 0 spiro atoms. The van der Waals surface area contributed by atoms with Crippen LogP contribution in [-0.2, 0) is 18.3 Å². The van der Waals surface area contributed by atoms with E-state index in [2.05, 4.69) is 4.98 Å². The fourth-order valence-electron chi connectivity index (χ4n) is 1.35. The third kappa shape index (κ3) is 1.90. The van der Waals surface area contributed by atoms with Gasteiger partial charge in [0, 0.05) is 13.2 Å². The Kier molecular flexibility index (Phi) is 2.29. The molecule has 0 aromatic carbocycles. The normalized spacial score (nSPS) is 10.5. The molecule has 0 atom stereocenters. The van der Waals surface area contributed by atoms with Gasteiger partial charge in [-0.25, -0.2) is 4.98 Å². The van der Waals surface area contributed by atoms with Gasteiger partial charge < -0.3 is 14.1 Å². The molecule has 1 N–H and O–H groups in total. The fourth-order valence-corrected chi connectivity index (χ4v) is 1.35. The molecule has 0 fully saturated rings. The summed E-state index contributed by atoms with van der Waals surface area (Å²) in [6, 6.07) is 3.55. The van der Waals surface area contributed by atoms with Gasteiger partial charge in [-0.15, -0.1) is 0 Å². The summed E-state index contributed by atoms with van der Waals surface area (Å²) in [7, 11) is 1.76. The van der Waals surface area contributed by atoms with Crippen molar-refractivity contribution >= 4 is 5.97 Å². The first kappa shape index (κ1) is 9.51. The van der Waals surface area contributed by atoms with E-state index >= 15 is 0 Å². The minimum absolute atomic E-state index is 0.0861. The van der Waals surface area contributed by atoms with Crippen LogP contribution in [0.3, 0.4) is 0 Å². The van der Waals surface area contributed by atoms with Crippen molar-refractivity contribution in [3.63, 3.8) is 0 Å². The maximum atomic E-state index is 10.5. The van der Waals surface area contributed by atoms with Gasteiger partial charge in [0.1, 0.15) is 17.9 Å². The monoisotopic (exact) mass is 206 g/mol. The molecule has 2 aromatic rings. The molecule has 2 heterocycles. The zero-order chi connectivity index (χ0) is 10.8. The lowest BCUT2D eigenvalue weighted by molar-refractivity contribution is -0.136. The maximum Gasteiger partial charge on any atom is 0.311 e. The Bertz CT molecular complexity index is 471. The van der Waals surface area contributed by atoms with E-state index in [1.807, 2.05) is 0 Å². The summed E-state index contributed by atoms with van der Waals surface area (Å²) < 4.78 is 6.86. The van der Waals surface area contributed by atoms with Crippen LogP contribution in [0, 0.1) is 0 Å². The number of carbonyl (C=O) groups is 1. The number of hydrogen-bond donors (Lipinski definition) is 1. The Labute approximate surface area is 86.0 Å². The second-order valence-corrected chi connectivity index (χ2v) is 3.20. The topological polar surface area (TPSA) is 68.3 Å². The smallest absolute Gasteiger partial charge is 0.311 e. The van der Waals surface area contributed by atoms with E-state index in [1.165, 1.54) is 0 Å². The summed E-state index contributed by atoms with van der Waals surface area (Å²) in [5.74, 6) is 0.255. The molecule has 0 aliphatic heterocycles. The first-order chi connectivity index (χ1) is 7.16. The average molecular weight is 206 g/mol. The van der Waals surface area contributed by atoms with E-state index in [4.69, 9.17) is 9.52 Å². The molecule has 0 unspecified atom stereocenters. The van der Waals surface area contributed by atoms with Crippen LogP contribution in [0.1, 0.15) is 5.82 Å². The zero-order valence-electron chi connectivity index (χ0n) is 8.17. The number of furan rings is 1. The molecule has 0 saturated heterocycles. The van der Waals surface area contributed by atoms with E-state index in [0.29, 0.717) is 17.3 Å². The number of carboxylic acids is 1. The largest absolute Gasteiger partial charge is 0.481 e. The van der Waals surface area contributed by atoms with Crippen molar-refractivity contribution in [3.8, 4) is 11.5 Å². The van der Waals surface area contributed by atoms with Crippen molar-refractivity contribution in [2.24, 2.45) is 7.05 Å². The number of imidazole rings is 1. The second kappa shape index (κ2) is 3.61. The first-order valence-electron chi connectivity index (χ1n) is 4.44. The second-order valence-electron chi connectivity index (χ2n) is 3.20. The Balaban J connectivity index is 2.33. The van der Waals surface area contributed by atoms with E-state index < -0.39 is 5.97 Å². The molecule has 15 heavy (non-hydrogen) atoms. The molecule has 0 aliphatic carbocycles. The molecular formula is C10H10N2O3. The number of aryl methyl sites for hydroxylation is 1. The average Bonchev–Trinajstić information content (AvgIpc) is 2.75. The summed E-state index contributed by atoms with van der Waals surface area (Å²) >= 11 is 0.